The number of thioether (sulfide) groups is 1. The Kier molecular flexibility index (Phi) is 7.40. The first-order valence-electron chi connectivity index (χ1n) is 8.48. The van der Waals surface area contributed by atoms with Crippen LogP contribution in [0.2, 0.25) is 0 Å². The quantitative estimate of drug-likeness (QED) is 0.614. The van der Waals surface area contributed by atoms with E-state index in [0.717, 1.165) is 49.4 Å². The normalized spacial score (nSPS) is 16.1. The van der Waals surface area contributed by atoms with Gasteiger partial charge in [0.2, 0.25) is 0 Å². The number of hydrogen-bond acceptors (Lipinski definition) is 4. The van der Waals surface area contributed by atoms with Gasteiger partial charge >= 0.3 is 0 Å². The Labute approximate surface area is 143 Å². The predicted molar refractivity (Wildman–Crippen MR) is 96.0 cm³/mol. The molecule has 0 unspecified atom stereocenters. The van der Waals surface area contributed by atoms with Crippen molar-refractivity contribution < 1.29 is 9.53 Å². The number of amides is 1. The van der Waals surface area contributed by atoms with E-state index in [1.54, 1.807) is 11.8 Å². The average molecular weight is 337 g/mol. The van der Waals surface area contributed by atoms with Crippen molar-refractivity contribution in [3.63, 3.8) is 0 Å². The summed E-state index contributed by atoms with van der Waals surface area (Å²) in [7, 11) is 0. The first kappa shape index (κ1) is 18.3. The maximum Gasteiger partial charge on any atom is 0.254 e. The van der Waals surface area contributed by atoms with Crippen LogP contribution in [0.3, 0.4) is 0 Å². The highest BCUT2D eigenvalue weighted by Gasteiger charge is 2.25. The van der Waals surface area contributed by atoms with Crippen molar-refractivity contribution in [3.05, 3.63) is 29.8 Å². The van der Waals surface area contributed by atoms with Crippen LogP contribution < -0.4 is 5.73 Å². The van der Waals surface area contributed by atoms with E-state index >= 15 is 0 Å². The van der Waals surface area contributed by atoms with Crippen LogP contribution in [0.4, 0.5) is 0 Å². The zero-order chi connectivity index (χ0) is 16.7. The van der Waals surface area contributed by atoms with Crippen LogP contribution in [0.5, 0.6) is 0 Å². The van der Waals surface area contributed by atoms with Gasteiger partial charge < -0.3 is 15.4 Å². The van der Waals surface area contributed by atoms with Crippen LogP contribution in [0.15, 0.2) is 29.2 Å². The maximum atomic E-state index is 12.8. The number of rotatable bonds is 7. The molecule has 0 bridgehead atoms. The highest BCUT2D eigenvalue weighted by Crippen LogP contribution is 2.28. The van der Waals surface area contributed by atoms with Crippen molar-refractivity contribution >= 4 is 17.7 Å². The smallest absolute Gasteiger partial charge is 0.254 e. The fourth-order valence-electron chi connectivity index (χ4n) is 2.73. The van der Waals surface area contributed by atoms with E-state index in [0.29, 0.717) is 11.8 Å². The number of benzene rings is 1. The fraction of sp³-hybridized carbons (Fsp3) is 0.611. The van der Waals surface area contributed by atoms with Crippen molar-refractivity contribution in [2.45, 2.75) is 49.4 Å². The molecule has 4 nitrogen and oxygen atoms in total. The lowest BCUT2D eigenvalue weighted by atomic mass is 10.1. The van der Waals surface area contributed by atoms with Gasteiger partial charge in [0.1, 0.15) is 0 Å². The molecule has 0 aliphatic carbocycles. The van der Waals surface area contributed by atoms with Gasteiger partial charge in [0.05, 0.1) is 11.7 Å². The van der Waals surface area contributed by atoms with Gasteiger partial charge in [0, 0.05) is 29.8 Å². The maximum absolute atomic E-state index is 12.8. The molecule has 0 spiro atoms. The molecular formula is C18H28N2O2S. The van der Waals surface area contributed by atoms with E-state index in [4.69, 9.17) is 10.5 Å². The van der Waals surface area contributed by atoms with Gasteiger partial charge in [-0.25, -0.2) is 0 Å². The molecule has 2 rings (SSSR count). The summed E-state index contributed by atoms with van der Waals surface area (Å²) in [6.45, 7) is 7.23. The van der Waals surface area contributed by atoms with Gasteiger partial charge in [-0.3, -0.25) is 4.79 Å². The first-order chi connectivity index (χ1) is 11.1. The third-order valence-electron chi connectivity index (χ3n) is 3.91. The second kappa shape index (κ2) is 9.30. The summed E-state index contributed by atoms with van der Waals surface area (Å²) in [5.41, 5.74) is 6.31. The minimum Gasteiger partial charge on any atom is -0.378 e. The van der Waals surface area contributed by atoms with Gasteiger partial charge in [-0.2, -0.15) is 0 Å². The molecule has 0 radical (unpaired) electrons. The second-order valence-electron chi connectivity index (χ2n) is 6.17. The summed E-state index contributed by atoms with van der Waals surface area (Å²) in [6.07, 6.45) is 3.00. The minimum atomic E-state index is 0.147. The molecule has 1 aromatic carbocycles. The van der Waals surface area contributed by atoms with Gasteiger partial charge in [0.25, 0.3) is 5.91 Å². The van der Waals surface area contributed by atoms with Crippen molar-refractivity contribution in [3.8, 4) is 0 Å². The van der Waals surface area contributed by atoms with E-state index < -0.39 is 0 Å². The highest BCUT2D eigenvalue weighted by molar-refractivity contribution is 8.00. The second-order valence-corrected chi connectivity index (χ2v) is 7.79. The van der Waals surface area contributed by atoms with E-state index in [-0.39, 0.29) is 12.0 Å². The van der Waals surface area contributed by atoms with Crippen LogP contribution in [-0.2, 0) is 4.74 Å². The molecule has 0 aromatic heterocycles. The number of ether oxygens (including phenoxy) is 1. The zero-order valence-electron chi connectivity index (χ0n) is 14.2. The molecule has 128 valence electrons. The molecular weight excluding hydrogens is 308 g/mol. The number of carbonyl (C=O) groups is 1. The summed E-state index contributed by atoms with van der Waals surface area (Å²) in [5, 5.41) is 0.464. The van der Waals surface area contributed by atoms with Gasteiger partial charge in [-0.15, -0.1) is 11.8 Å². The SMILES string of the molecule is CC(C)Sc1ccccc1C(=O)N1CCC(OCCCN)CC1. The fourth-order valence-corrected chi connectivity index (χ4v) is 3.68. The Hall–Kier alpha value is -1.04. The average Bonchev–Trinajstić information content (AvgIpc) is 2.55. The van der Waals surface area contributed by atoms with E-state index in [9.17, 15) is 4.79 Å². The summed E-state index contributed by atoms with van der Waals surface area (Å²) in [5.74, 6) is 0.147. The Morgan fingerprint density at radius 1 is 1.35 bits per heavy atom. The Morgan fingerprint density at radius 3 is 2.70 bits per heavy atom. The highest BCUT2D eigenvalue weighted by atomic mass is 32.2. The molecule has 2 N–H and O–H groups in total. The lowest BCUT2D eigenvalue weighted by molar-refractivity contribution is 0.00835. The van der Waals surface area contributed by atoms with E-state index in [1.165, 1.54) is 0 Å². The molecule has 1 saturated heterocycles. The van der Waals surface area contributed by atoms with Crippen molar-refractivity contribution in [2.24, 2.45) is 5.73 Å². The molecule has 23 heavy (non-hydrogen) atoms. The van der Waals surface area contributed by atoms with Gasteiger partial charge in [-0.1, -0.05) is 26.0 Å². The molecule has 1 fully saturated rings. The molecule has 1 heterocycles. The molecule has 0 atom stereocenters. The number of nitrogens with zero attached hydrogens (tertiary/aromatic N) is 1. The standard InChI is InChI=1S/C18H28N2O2S/c1-14(2)23-17-7-4-3-6-16(17)18(21)20-11-8-15(9-12-20)22-13-5-10-19/h3-4,6-7,14-15H,5,8-13,19H2,1-2H3. The summed E-state index contributed by atoms with van der Waals surface area (Å²) in [6, 6.07) is 7.93. The van der Waals surface area contributed by atoms with E-state index in [1.807, 2.05) is 29.2 Å². The molecule has 1 amide bonds. The van der Waals surface area contributed by atoms with Gasteiger partial charge in [-0.05, 0) is 37.9 Å². The summed E-state index contributed by atoms with van der Waals surface area (Å²) >= 11 is 1.75. The minimum absolute atomic E-state index is 0.147. The van der Waals surface area contributed by atoms with Gasteiger partial charge in [0.15, 0.2) is 0 Å². The molecule has 1 aliphatic heterocycles. The number of carbonyl (C=O) groups excluding carboxylic acids is 1. The first-order valence-corrected chi connectivity index (χ1v) is 9.36. The lowest BCUT2D eigenvalue weighted by Crippen LogP contribution is -2.41. The Morgan fingerprint density at radius 2 is 2.04 bits per heavy atom. The van der Waals surface area contributed by atoms with Crippen LogP contribution >= 0.6 is 11.8 Å². The van der Waals surface area contributed by atoms with Crippen molar-refractivity contribution in [1.29, 1.82) is 0 Å². The number of piperidine rings is 1. The van der Waals surface area contributed by atoms with Crippen LogP contribution in [0, 0.1) is 0 Å². The Bertz CT molecular complexity index is 500. The van der Waals surface area contributed by atoms with Crippen molar-refractivity contribution in [1.82, 2.24) is 4.90 Å². The molecule has 1 aliphatic rings. The lowest BCUT2D eigenvalue weighted by Gasteiger charge is -2.32. The topological polar surface area (TPSA) is 55.6 Å². The number of likely N-dealkylation sites (tertiary alicyclic amines) is 1. The number of hydrogen-bond donors (Lipinski definition) is 1. The zero-order valence-corrected chi connectivity index (χ0v) is 15.0. The Balaban J connectivity index is 1.92. The number of nitrogens with two attached hydrogens (primary N) is 1. The third-order valence-corrected chi connectivity index (χ3v) is 4.99. The predicted octanol–water partition coefficient (Wildman–Crippen LogP) is 3.16. The largest absolute Gasteiger partial charge is 0.378 e. The van der Waals surface area contributed by atoms with Crippen molar-refractivity contribution in [2.75, 3.05) is 26.2 Å². The van der Waals surface area contributed by atoms with Crippen LogP contribution in [0.1, 0.15) is 43.5 Å². The monoisotopic (exact) mass is 336 g/mol. The van der Waals surface area contributed by atoms with Crippen LogP contribution in [-0.4, -0.2) is 48.4 Å². The van der Waals surface area contributed by atoms with E-state index in [2.05, 4.69) is 13.8 Å². The third kappa shape index (κ3) is 5.52. The molecule has 1 aromatic rings. The van der Waals surface area contributed by atoms with Crippen LogP contribution in [0.25, 0.3) is 0 Å². The summed E-state index contributed by atoms with van der Waals surface area (Å²) in [4.78, 5) is 15.9. The molecule has 5 heteroatoms. The molecule has 0 saturated carbocycles. The summed E-state index contributed by atoms with van der Waals surface area (Å²) < 4.78 is 5.81.